The number of furan rings is 1. The molecule has 8 heteroatoms. The molecule has 0 aliphatic carbocycles. The molecule has 2 heterocycles. The third-order valence-electron chi connectivity index (χ3n) is 5.71. The van der Waals surface area contributed by atoms with Crippen LogP contribution in [0.3, 0.4) is 0 Å². The van der Waals surface area contributed by atoms with Crippen LogP contribution < -0.4 is 10.6 Å². The summed E-state index contributed by atoms with van der Waals surface area (Å²) in [5.41, 5.74) is 0.630. The summed E-state index contributed by atoms with van der Waals surface area (Å²) < 4.78 is 24.6. The summed E-state index contributed by atoms with van der Waals surface area (Å²) in [6.07, 6.45) is 0. The number of morpholine rings is 1. The second-order valence-corrected chi connectivity index (χ2v) is 8.39. The van der Waals surface area contributed by atoms with Crippen LogP contribution in [0.5, 0.6) is 0 Å². The van der Waals surface area contributed by atoms with Crippen molar-refractivity contribution in [3.8, 4) is 0 Å². The zero-order valence-corrected chi connectivity index (χ0v) is 19.4. The molecule has 0 radical (unpaired) electrons. The van der Waals surface area contributed by atoms with Crippen LogP contribution in [0.1, 0.15) is 42.5 Å². The van der Waals surface area contributed by atoms with Gasteiger partial charge in [0.25, 0.3) is 0 Å². The van der Waals surface area contributed by atoms with Gasteiger partial charge >= 0.3 is 0 Å². The molecule has 1 fully saturated rings. The fraction of sp³-hybridized carbons (Fsp3) is 0.542. The summed E-state index contributed by atoms with van der Waals surface area (Å²) in [5.74, 6) is 1.83. The van der Waals surface area contributed by atoms with Gasteiger partial charge < -0.3 is 24.9 Å². The number of aliphatic hydroxyl groups is 1. The largest absolute Gasteiger partial charge is 0.466 e. The average molecular weight is 447 g/mol. The first kappa shape index (κ1) is 24.2. The fourth-order valence-corrected chi connectivity index (χ4v) is 4.05. The lowest BCUT2D eigenvalue weighted by atomic mass is 9.96. The van der Waals surface area contributed by atoms with Crippen molar-refractivity contribution in [2.45, 2.75) is 39.3 Å². The molecule has 1 aromatic heterocycles. The highest BCUT2D eigenvalue weighted by atomic mass is 19.1. The van der Waals surface area contributed by atoms with Gasteiger partial charge in [0, 0.05) is 31.7 Å². The summed E-state index contributed by atoms with van der Waals surface area (Å²) in [5, 5.41) is 17.7. The van der Waals surface area contributed by atoms with Gasteiger partial charge in [-0.05, 0) is 51.5 Å². The van der Waals surface area contributed by atoms with Crippen LogP contribution in [0.15, 0.2) is 39.7 Å². The van der Waals surface area contributed by atoms with E-state index in [9.17, 15) is 9.50 Å². The van der Waals surface area contributed by atoms with Crippen LogP contribution in [-0.2, 0) is 10.3 Å². The summed E-state index contributed by atoms with van der Waals surface area (Å²) in [6.45, 7) is 11.9. The zero-order valence-electron chi connectivity index (χ0n) is 19.4. The van der Waals surface area contributed by atoms with Gasteiger partial charge in [0.2, 0.25) is 0 Å². The van der Waals surface area contributed by atoms with Gasteiger partial charge in [0.05, 0.1) is 25.8 Å². The molecule has 1 saturated heterocycles. The van der Waals surface area contributed by atoms with Crippen LogP contribution in [-0.4, -0.2) is 61.9 Å². The number of hydrogen-bond donors (Lipinski definition) is 3. The molecule has 176 valence electrons. The van der Waals surface area contributed by atoms with Crippen molar-refractivity contribution in [1.29, 1.82) is 0 Å². The standard InChI is InChI=1S/C24H35FN4O3/c1-5-26-23(28-16-24(4,30)21-14-17(2)32-18(21)3)27-15-22(29-10-12-31-13-11-29)19-6-8-20(25)9-7-19/h6-9,14,22,30H,5,10-13,15-16H2,1-4H3,(H2,26,27,28). The molecule has 3 rings (SSSR count). The number of guanidine groups is 1. The molecule has 1 aliphatic rings. The summed E-state index contributed by atoms with van der Waals surface area (Å²) >= 11 is 0. The number of hydrogen-bond acceptors (Lipinski definition) is 5. The Labute approximate surface area is 189 Å². The minimum atomic E-state index is -1.15. The van der Waals surface area contributed by atoms with Gasteiger partial charge in [-0.2, -0.15) is 0 Å². The molecule has 7 nitrogen and oxygen atoms in total. The Morgan fingerprint density at radius 1 is 1.22 bits per heavy atom. The molecule has 1 aromatic carbocycles. The molecule has 0 spiro atoms. The van der Waals surface area contributed by atoms with E-state index in [1.54, 1.807) is 6.92 Å². The first-order chi connectivity index (χ1) is 15.3. The van der Waals surface area contributed by atoms with E-state index >= 15 is 0 Å². The Bertz CT molecular complexity index is 889. The van der Waals surface area contributed by atoms with Crippen molar-refractivity contribution in [2.75, 3.05) is 45.9 Å². The quantitative estimate of drug-likeness (QED) is 0.427. The van der Waals surface area contributed by atoms with Crippen molar-refractivity contribution < 1.29 is 18.7 Å². The number of rotatable bonds is 8. The number of halogens is 1. The van der Waals surface area contributed by atoms with E-state index in [0.29, 0.717) is 38.0 Å². The molecular formula is C24H35FN4O3. The van der Waals surface area contributed by atoms with Gasteiger partial charge in [-0.1, -0.05) is 12.1 Å². The van der Waals surface area contributed by atoms with Crippen molar-refractivity contribution >= 4 is 5.96 Å². The molecule has 0 amide bonds. The molecule has 0 bridgehead atoms. The lowest BCUT2D eigenvalue weighted by Gasteiger charge is -2.35. The lowest BCUT2D eigenvalue weighted by molar-refractivity contribution is 0.0169. The number of benzene rings is 1. The Kier molecular flexibility index (Phi) is 8.28. The van der Waals surface area contributed by atoms with Gasteiger partial charge in [-0.3, -0.25) is 4.90 Å². The van der Waals surface area contributed by atoms with E-state index < -0.39 is 5.60 Å². The zero-order chi connectivity index (χ0) is 23.1. The molecular weight excluding hydrogens is 411 g/mol. The van der Waals surface area contributed by atoms with Gasteiger partial charge in [0.15, 0.2) is 5.96 Å². The van der Waals surface area contributed by atoms with Crippen molar-refractivity contribution in [3.63, 3.8) is 0 Å². The van der Waals surface area contributed by atoms with Gasteiger partial charge in [-0.25, -0.2) is 9.38 Å². The number of nitrogens with zero attached hydrogens (tertiary/aromatic N) is 2. The molecule has 2 atom stereocenters. The van der Waals surface area contributed by atoms with Gasteiger partial charge in [-0.15, -0.1) is 0 Å². The third-order valence-corrected chi connectivity index (χ3v) is 5.71. The number of nitrogens with one attached hydrogen (secondary N) is 2. The van der Waals surface area contributed by atoms with E-state index in [2.05, 4.69) is 20.5 Å². The highest BCUT2D eigenvalue weighted by Gasteiger charge is 2.28. The average Bonchev–Trinajstić information content (AvgIpc) is 3.13. The van der Waals surface area contributed by atoms with E-state index in [0.717, 1.165) is 30.0 Å². The lowest BCUT2D eigenvalue weighted by Crippen LogP contribution is -2.46. The Balaban J connectivity index is 1.73. The molecule has 0 saturated carbocycles. The van der Waals surface area contributed by atoms with Crippen LogP contribution >= 0.6 is 0 Å². The fourth-order valence-electron chi connectivity index (χ4n) is 4.05. The number of aryl methyl sites for hydroxylation is 2. The summed E-state index contributed by atoms with van der Waals surface area (Å²) in [6, 6.07) is 8.55. The highest BCUT2D eigenvalue weighted by molar-refractivity contribution is 5.79. The first-order valence-electron chi connectivity index (χ1n) is 11.2. The molecule has 1 aliphatic heterocycles. The monoisotopic (exact) mass is 446 g/mol. The molecule has 3 N–H and O–H groups in total. The minimum absolute atomic E-state index is 0.0441. The van der Waals surface area contributed by atoms with Gasteiger partial charge in [0.1, 0.15) is 22.9 Å². The van der Waals surface area contributed by atoms with Crippen LogP contribution in [0.2, 0.25) is 0 Å². The smallest absolute Gasteiger partial charge is 0.191 e. The van der Waals surface area contributed by atoms with Crippen LogP contribution in [0.25, 0.3) is 0 Å². The summed E-state index contributed by atoms with van der Waals surface area (Å²) in [4.78, 5) is 6.97. The Morgan fingerprint density at radius 3 is 2.50 bits per heavy atom. The van der Waals surface area contributed by atoms with Crippen molar-refractivity contribution in [1.82, 2.24) is 15.5 Å². The maximum atomic E-state index is 13.5. The topological polar surface area (TPSA) is 82.3 Å². The normalized spacial score (nSPS) is 18.2. The predicted molar refractivity (Wildman–Crippen MR) is 123 cm³/mol. The van der Waals surface area contributed by atoms with Crippen molar-refractivity contribution in [2.24, 2.45) is 4.99 Å². The second kappa shape index (κ2) is 10.9. The summed E-state index contributed by atoms with van der Waals surface area (Å²) in [7, 11) is 0. The Morgan fingerprint density at radius 2 is 1.91 bits per heavy atom. The molecule has 32 heavy (non-hydrogen) atoms. The number of ether oxygens (including phenoxy) is 1. The van der Waals surface area contributed by atoms with Crippen molar-refractivity contribution in [3.05, 3.63) is 58.8 Å². The maximum Gasteiger partial charge on any atom is 0.191 e. The SMILES string of the molecule is CCNC(=NCC(C)(O)c1cc(C)oc1C)NCC(c1ccc(F)cc1)N1CCOCC1. The predicted octanol–water partition coefficient (Wildman–Crippen LogP) is 2.87. The van der Waals surface area contributed by atoms with Crippen LogP contribution in [0.4, 0.5) is 4.39 Å². The first-order valence-corrected chi connectivity index (χ1v) is 11.2. The maximum absolute atomic E-state index is 13.5. The van der Waals surface area contributed by atoms with E-state index in [-0.39, 0.29) is 18.4 Å². The molecule has 2 unspecified atom stereocenters. The van der Waals surface area contributed by atoms with E-state index in [4.69, 9.17) is 9.15 Å². The highest BCUT2D eigenvalue weighted by Crippen LogP contribution is 2.27. The number of aliphatic imine (C=N–C) groups is 1. The van der Waals surface area contributed by atoms with E-state index in [1.807, 2.05) is 39.0 Å². The molecule has 2 aromatic rings. The minimum Gasteiger partial charge on any atom is -0.466 e. The van der Waals surface area contributed by atoms with E-state index in [1.165, 1.54) is 12.1 Å². The van der Waals surface area contributed by atoms with Crippen LogP contribution in [0, 0.1) is 19.7 Å². The Hall–Kier alpha value is -2.42. The second-order valence-electron chi connectivity index (χ2n) is 8.39. The third kappa shape index (κ3) is 6.31.